The van der Waals surface area contributed by atoms with Gasteiger partial charge in [0, 0.05) is 29.0 Å². The second-order valence-electron chi connectivity index (χ2n) is 4.87. The van der Waals surface area contributed by atoms with Gasteiger partial charge in [0.15, 0.2) is 0 Å². The van der Waals surface area contributed by atoms with E-state index in [-0.39, 0.29) is 5.91 Å². The third kappa shape index (κ3) is 3.07. The molecule has 1 aliphatic heterocycles. The summed E-state index contributed by atoms with van der Waals surface area (Å²) in [6.07, 6.45) is 2.19. The van der Waals surface area contributed by atoms with Gasteiger partial charge in [-0.25, -0.2) is 0 Å². The third-order valence-corrected chi connectivity index (χ3v) is 4.37. The van der Waals surface area contributed by atoms with Crippen molar-refractivity contribution < 1.29 is 4.79 Å². The van der Waals surface area contributed by atoms with E-state index in [9.17, 15) is 4.79 Å². The molecule has 0 spiro atoms. The number of rotatable bonds is 2. The maximum Gasteiger partial charge on any atom is 0.254 e. The van der Waals surface area contributed by atoms with Crippen molar-refractivity contribution in [2.45, 2.75) is 19.8 Å². The summed E-state index contributed by atoms with van der Waals surface area (Å²) >= 11 is 9.32. The van der Waals surface area contributed by atoms with E-state index in [4.69, 9.17) is 11.6 Å². The highest BCUT2D eigenvalue weighted by atomic mass is 79.9. The SMILES string of the molecule is Cc1cc(Br)ccc1C(=O)N1CCCC(CCl)C1. The zero-order valence-electron chi connectivity index (χ0n) is 10.5. The molecule has 18 heavy (non-hydrogen) atoms. The van der Waals surface area contributed by atoms with Crippen molar-refractivity contribution in [3.8, 4) is 0 Å². The molecule has 98 valence electrons. The van der Waals surface area contributed by atoms with Crippen molar-refractivity contribution in [3.05, 3.63) is 33.8 Å². The van der Waals surface area contributed by atoms with Crippen LogP contribution in [0, 0.1) is 12.8 Å². The molecule has 0 aliphatic carbocycles. The summed E-state index contributed by atoms with van der Waals surface area (Å²) < 4.78 is 1.01. The first-order valence-electron chi connectivity index (χ1n) is 6.23. The minimum atomic E-state index is 0.134. The lowest BCUT2D eigenvalue weighted by molar-refractivity contribution is 0.0684. The zero-order valence-corrected chi connectivity index (χ0v) is 12.8. The number of piperidine rings is 1. The number of halogens is 2. The molecule has 1 aromatic rings. The number of carbonyl (C=O) groups is 1. The summed E-state index contributed by atoms with van der Waals surface area (Å²) in [4.78, 5) is 14.4. The highest BCUT2D eigenvalue weighted by molar-refractivity contribution is 9.10. The largest absolute Gasteiger partial charge is 0.338 e. The third-order valence-electron chi connectivity index (χ3n) is 3.44. The van der Waals surface area contributed by atoms with Gasteiger partial charge >= 0.3 is 0 Å². The molecule has 2 nitrogen and oxygen atoms in total. The Morgan fingerprint density at radius 1 is 1.56 bits per heavy atom. The van der Waals surface area contributed by atoms with Gasteiger partial charge in [0.1, 0.15) is 0 Å². The normalized spacial score (nSPS) is 19.9. The van der Waals surface area contributed by atoms with E-state index in [1.165, 1.54) is 0 Å². The molecule has 4 heteroatoms. The molecule has 0 saturated carbocycles. The second-order valence-corrected chi connectivity index (χ2v) is 6.10. The molecular formula is C14H17BrClNO. The number of nitrogens with zero attached hydrogens (tertiary/aromatic N) is 1. The van der Waals surface area contributed by atoms with Crippen LogP contribution in [0.25, 0.3) is 0 Å². The summed E-state index contributed by atoms with van der Waals surface area (Å²) in [6, 6.07) is 5.80. The van der Waals surface area contributed by atoms with E-state index in [2.05, 4.69) is 15.9 Å². The first-order chi connectivity index (χ1) is 8.61. The van der Waals surface area contributed by atoms with E-state index in [0.29, 0.717) is 11.8 Å². The molecule has 1 fully saturated rings. The van der Waals surface area contributed by atoms with Crippen LogP contribution in [-0.4, -0.2) is 29.8 Å². The van der Waals surface area contributed by atoms with Crippen LogP contribution in [0.4, 0.5) is 0 Å². The van der Waals surface area contributed by atoms with Crippen LogP contribution in [0.15, 0.2) is 22.7 Å². The maximum absolute atomic E-state index is 12.5. The molecule has 0 radical (unpaired) electrons. The predicted octanol–water partition coefficient (Wildman–Crippen LogP) is 3.85. The predicted molar refractivity (Wildman–Crippen MR) is 78.2 cm³/mol. The van der Waals surface area contributed by atoms with Gasteiger partial charge < -0.3 is 4.90 Å². The summed E-state index contributed by atoms with van der Waals surface area (Å²) in [7, 11) is 0. The summed E-state index contributed by atoms with van der Waals surface area (Å²) in [5.41, 5.74) is 1.82. The number of benzene rings is 1. The molecule has 1 heterocycles. The van der Waals surface area contributed by atoms with Crippen molar-refractivity contribution in [3.63, 3.8) is 0 Å². The second kappa shape index (κ2) is 6.07. The smallest absolute Gasteiger partial charge is 0.254 e. The lowest BCUT2D eigenvalue weighted by Crippen LogP contribution is -2.40. The Labute approximate surface area is 121 Å². The number of hydrogen-bond donors (Lipinski definition) is 0. The molecule has 1 atom stereocenters. The van der Waals surface area contributed by atoms with E-state index in [1.54, 1.807) is 0 Å². The van der Waals surface area contributed by atoms with Gasteiger partial charge in [-0.3, -0.25) is 4.79 Å². The minimum absolute atomic E-state index is 0.134. The number of hydrogen-bond acceptors (Lipinski definition) is 1. The molecule has 1 aliphatic rings. The van der Waals surface area contributed by atoms with Crippen molar-refractivity contribution >= 4 is 33.4 Å². The topological polar surface area (TPSA) is 20.3 Å². The van der Waals surface area contributed by atoms with Crippen LogP contribution < -0.4 is 0 Å². The van der Waals surface area contributed by atoms with E-state index >= 15 is 0 Å². The lowest BCUT2D eigenvalue weighted by atomic mass is 9.98. The Morgan fingerprint density at radius 2 is 2.33 bits per heavy atom. The Hall–Kier alpha value is -0.540. The number of likely N-dealkylation sites (tertiary alicyclic amines) is 1. The minimum Gasteiger partial charge on any atom is -0.338 e. The van der Waals surface area contributed by atoms with Crippen molar-refractivity contribution in [2.24, 2.45) is 5.92 Å². The van der Waals surface area contributed by atoms with Gasteiger partial charge in [0.2, 0.25) is 0 Å². The van der Waals surface area contributed by atoms with Crippen LogP contribution >= 0.6 is 27.5 Å². The molecule has 0 aromatic heterocycles. The van der Waals surface area contributed by atoms with E-state index < -0.39 is 0 Å². The first-order valence-corrected chi connectivity index (χ1v) is 7.56. The number of alkyl halides is 1. The Morgan fingerprint density at radius 3 is 3.00 bits per heavy atom. The summed E-state index contributed by atoms with van der Waals surface area (Å²) in [5.74, 6) is 1.22. The van der Waals surface area contributed by atoms with Gasteiger partial charge in [-0.05, 0) is 49.4 Å². The van der Waals surface area contributed by atoms with Crippen molar-refractivity contribution in [1.29, 1.82) is 0 Å². The van der Waals surface area contributed by atoms with Gasteiger partial charge in [-0.1, -0.05) is 15.9 Å². The monoisotopic (exact) mass is 329 g/mol. The number of carbonyl (C=O) groups excluding carboxylic acids is 1. The van der Waals surface area contributed by atoms with Crippen LogP contribution in [0.1, 0.15) is 28.8 Å². The highest BCUT2D eigenvalue weighted by Crippen LogP contribution is 2.22. The van der Waals surface area contributed by atoms with Gasteiger partial charge in [0.05, 0.1) is 0 Å². The standard InChI is InChI=1S/C14H17BrClNO/c1-10-7-12(15)4-5-13(10)14(18)17-6-2-3-11(8-16)9-17/h4-5,7,11H,2-3,6,8-9H2,1H3. The molecule has 1 saturated heterocycles. The Bertz CT molecular complexity index is 449. The molecule has 0 N–H and O–H groups in total. The average Bonchev–Trinajstić information content (AvgIpc) is 2.38. The fourth-order valence-electron chi connectivity index (χ4n) is 2.41. The first kappa shape index (κ1) is 13.9. The molecule has 0 bridgehead atoms. The average molecular weight is 331 g/mol. The van der Waals surface area contributed by atoms with Crippen LogP contribution in [-0.2, 0) is 0 Å². The fourth-order valence-corrected chi connectivity index (χ4v) is 3.14. The quantitative estimate of drug-likeness (QED) is 0.754. The van der Waals surface area contributed by atoms with Gasteiger partial charge in [-0.15, -0.1) is 11.6 Å². The fraction of sp³-hybridized carbons (Fsp3) is 0.500. The van der Waals surface area contributed by atoms with Crippen LogP contribution in [0.5, 0.6) is 0 Å². The Kier molecular flexibility index (Phi) is 4.68. The zero-order chi connectivity index (χ0) is 13.1. The Balaban J connectivity index is 2.15. The number of amides is 1. The lowest BCUT2D eigenvalue weighted by Gasteiger charge is -2.32. The van der Waals surface area contributed by atoms with Gasteiger partial charge in [-0.2, -0.15) is 0 Å². The molecule has 2 rings (SSSR count). The maximum atomic E-state index is 12.5. The molecule has 1 amide bonds. The summed E-state index contributed by atoms with van der Waals surface area (Å²) in [5, 5.41) is 0. The molecule has 1 aromatic carbocycles. The van der Waals surface area contributed by atoms with E-state index in [0.717, 1.165) is 41.5 Å². The van der Waals surface area contributed by atoms with Crippen molar-refractivity contribution in [1.82, 2.24) is 4.90 Å². The number of aryl methyl sites for hydroxylation is 1. The van der Waals surface area contributed by atoms with Crippen LogP contribution in [0.3, 0.4) is 0 Å². The van der Waals surface area contributed by atoms with Crippen LogP contribution in [0.2, 0.25) is 0 Å². The van der Waals surface area contributed by atoms with Gasteiger partial charge in [0.25, 0.3) is 5.91 Å². The molecular weight excluding hydrogens is 314 g/mol. The highest BCUT2D eigenvalue weighted by Gasteiger charge is 2.24. The van der Waals surface area contributed by atoms with E-state index in [1.807, 2.05) is 30.0 Å². The molecule has 1 unspecified atom stereocenters. The van der Waals surface area contributed by atoms with Crippen molar-refractivity contribution in [2.75, 3.05) is 19.0 Å². The summed E-state index contributed by atoms with van der Waals surface area (Å²) in [6.45, 7) is 3.61.